The van der Waals surface area contributed by atoms with Crippen LogP contribution in [0.4, 0.5) is 0 Å². The molecule has 0 saturated heterocycles. The molecule has 0 fully saturated rings. The van der Waals surface area contributed by atoms with Crippen molar-refractivity contribution in [1.82, 2.24) is 0 Å². The molecule has 1 aliphatic carbocycles. The second kappa shape index (κ2) is 4.62. The summed E-state index contributed by atoms with van der Waals surface area (Å²) in [5.74, 6) is -0.833. The molecule has 0 spiro atoms. The Kier molecular flexibility index (Phi) is 3.46. The van der Waals surface area contributed by atoms with Gasteiger partial charge in [0.15, 0.2) is 0 Å². The maximum absolute atomic E-state index is 9.00. The van der Waals surface area contributed by atoms with Crippen molar-refractivity contribution < 1.29 is 9.90 Å². The molecular formula is C10H10O2S. The van der Waals surface area contributed by atoms with Crippen molar-refractivity contribution >= 4 is 17.3 Å². The van der Waals surface area contributed by atoms with Crippen LogP contribution in [0.2, 0.25) is 0 Å². The Morgan fingerprint density at radius 3 is 2.54 bits per heavy atom. The highest BCUT2D eigenvalue weighted by atomic mass is 32.1. The molecule has 0 atom stereocenters. The third-order valence-electron chi connectivity index (χ3n) is 1.36. The van der Waals surface area contributed by atoms with E-state index in [0.29, 0.717) is 0 Å². The fraction of sp³-hybridized carbons (Fsp3) is 0.100. The Hall–Kier alpha value is -1.35. The maximum Gasteiger partial charge on any atom is 0.300 e. The molecule has 0 radical (unpaired) electrons. The molecule has 2 rings (SSSR count). The van der Waals surface area contributed by atoms with E-state index in [2.05, 4.69) is 35.7 Å². The van der Waals surface area contributed by atoms with Crippen LogP contribution in [0.3, 0.4) is 0 Å². The van der Waals surface area contributed by atoms with Gasteiger partial charge in [-0.2, -0.15) is 0 Å². The molecule has 0 saturated carbocycles. The molecule has 0 aromatic heterocycles. The third-order valence-corrected chi connectivity index (χ3v) is 2.28. The minimum atomic E-state index is -0.833. The van der Waals surface area contributed by atoms with Crippen LogP contribution in [0.25, 0.3) is 10.4 Å². The van der Waals surface area contributed by atoms with Gasteiger partial charge in [0.1, 0.15) is 0 Å². The van der Waals surface area contributed by atoms with Crippen molar-refractivity contribution in [3.8, 4) is 10.4 Å². The lowest BCUT2D eigenvalue weighted by molar-refractivity contribution is -0.134. The Balaban J connectivity index is 0.000000184. The Morgan fingerprint density at radius 2 is 1.92 bits per heavy atom. The number of rotatable bonds is 0. The van der Waals surface area contributed by atoms with E-state index in [0.717, 1.165) is 6.92 Å². The second-order valence-corrected chi connectivity index (χ2v) is 3.43. The first kappa shape index (κ1) is 9.74. The van der Waals surface area contributed by atoms with Gasteiger partial charge in [0.05, 0.1) is 0 Å². The van der Waals surface area contributed by atoms with Gasteiger partial charge in [0, 0.05) is 11.8 Å². The average Bonchev–Trinajstić information content (AvgIpc) is 2.49. The van der Waals surface area contributed by atoms with Gasteiger partial charge in [-0.3, -0.25) is 4.79 Å². The molecule has 2 aliphatic rings. The molecule has 1 heterocycles. The van der Waals surface area contributed by atoms with E-state index in [1.54, 1.807) is 11.3 Å². The summed E-state index contributed by atoms with van der Waals surface area (Å²) in [5.41, 5.74) is 1.35. The van der Waals surface area contributed by atoms with E-state index in [1.165, 1.54) is 10.4 Å². The molecule has 0 bridgehead atoms. The maximum atomic E-state index is 9.00. The molecule has 0 unspecified atom stereocenters. The normalized spacial score (nSPS) is 9.00. The van der Waals surface area contributed by atoms with E-state index < -0.39 is 5.97 Å². The predicted molar refractivity (Wildman–Crippen MR) is 54.3 cm³/mol. The van der Waals surface area contributed by atoms with Crippen LogP contribution in [0, 0.1) is 0 Å². The summed E-state index contributed by atoms with van der Waals surface area (Å²) in [6, 6.07) is 10.6. The SMILES string of the molecule is CC(=O)O.c1csc2cccc-2c1. The first-order chi connectivity index (χ1) is 6.20. The molecule has 13 heavy (non-hydrogen) atoms. The van der Waals surface area contributed by atoms with Crippen molar-refractivity contribution in [2.45, 2.75) is 6.92 Å². The van der Waals surface area contributed by atoms with Gasteiger partial charge >= 0.3 is 0 Å². The zero-order valence-electron chi connectivity index (χ0n) is 7.23. The first-order valence-electron chi connectivity index (χ1n) is 3.82. The number of carbonyl (C=O) groups is 1. The van der Waals surface area contributed by atoms with E-state index in [-0.39, 0.29) is 0 Å². The van der Waals surface area contributed by atoms with E-state index in [4.69, 9.17) is 9.90 Å². The smallest absolute Gasteiger partial charge is 0.300 e. The van der Waals surface area contributed by atoms with Gasteiger partial charge in [-0.15, -0.1) is 11.3 Å². The van der Waals surface area contributed by atoms with Gasteiger partial charge in [-0.1, -0.05) is 24.3 Å². The Labute approximate surface area is 80.8 Å². The number of hydrogen-bond donors (Lipinski definition) is 1. The fourth-order valence-corrected chi connectivity index (χ4v) is 1.65. The van der Waals surface area contributed by atoms with Crippen LogP contribution in [-0.4, -0.2) is 11.1 Å². The molecular weight excluding hydrogens is 184 g/mol. The zero-order chi connectivity index (χ0) is 9.68. The number of hydrogen-bond acceptors (Lipinski definition) is 2. The summed E-state index contributed by atoms with van der Waals surface area (Å²) >= 11 is 1.78. The van der Waals surface area contributed by atoms with Crippen LogP contribution in [0.5, 0.6) is 0 Å². The molecule has 1 N–H and O–H groups in total. The van der Waals surface area contributed by atoms with E-state index in [9.17, 15) is 0 Å². The monoisotopic (exact) mass is 194 g/mol. The van der Waals surface area contributed by atoms with Crippen molar-refractivity contribution in [1.29, 1.82) is 0 Å². The van der Waals surface area contributed by atoms with Crippen LogP contribution < -0.4 is 0 Å². The van der Waals surface area contributed by atoms with Gasteiger partial charge in [-0.05, 0) is 17.0 Å². The molecule has 0 aromatic rings. The van der Waals surface area contributed by atoms with Crippen molar-refractivity contribution in [3.63, 3.8) is 0 Å². The molecule has 3 heteroatoms. The van der Waals surface area contributed by atoms with Crippen LogP contribution in [-0.2, 0) is 4.79 Å². The lowest BCUT2D eigenvalue weighted by Gasteiger charge is -1.91. The molecule has 1 aliphatic heterocycles. The first-order valence-corrected chi connectivity index (χ1v) is 4.70. The van der Waals surface area contributed by atoms with Crippen LogP contribution in [0.1, 0.15) is 6.92 Å². The lowest BCUT2D eigenvalue weighted by atomic mass is 10.3. The van der Waals surface area contributed by atoms with Crippen LogP contribution >= 0.6 is 11.3 Å². The average molecular weight is 194 g/mol. The highest BCUT2D eigenvalue weighted by molar-refractivity contribution is 7.13. The van der Waals surface area contributed by atoms with Gasteiger partial charge < -0.3 is 5.11 Å². The number of carboxylic acid groups (broad SMARTS) is 1. The van der Waals surface area contributed by atoms with Gasteiger partial charge in [-0.25, -0.2) is 0 Å². The topological polar surface area (TPSA) is 37.3 Å². The standard InChI is InChI=1S/C8H6S.C2H4O2/c1-3-7-4-2-6-9-8(7)5-1;1-2(3)4/h1-6H;1H3,(H,3,4). The van der Waals surface area contributed by atoms with Gasteiger partial charge in [0.2, 0.25) is 0 Å². The lowest BCUT2D eigenvalue weighted by Crippen LogP contribution is -1.78. The summed E-state index contributed by atoms with van der Waals surface area (Å²) < 4.78 is 0. The van der Waals surface area contributed by atoms with E-state index in [1.807, 2.05) is 0 Å². The summed E-state index contributed by atoms with van der Waals surface area (Å²) in [6.45, 7) is 1.08. The van der Waals surface area contributed by atoms with Gasteiger partial charge in [0.25, 0.3) is 5.97 Å². The second-order valence-electron chi connectivity index (χ2n) is 2.48. The molecule has 2 nitrogen and oxygen atoms in total. The molecule has 68 valence electrons. The third kappa shape index (κ3) is 3.25. The largest absolute Gasteiger partial charge is 0.481 e. The molecule has 0 aromatic carbocycles. The summed E-state index contributed by atoms with van der Waals surface area (Å²) in [5, 5.41) is 9.52. The number of fused-ring (bicyclic) bond motifs is 1. The Morgan fingerprint density at radius 1 is 1.31 bits per heavy atom. The van der Waals surface area contributed by atoms with Crippen molar-refractivity contribution in [2.75, 3.05) is 0 Å². The highest BCUT2D eigenvalue weighted by Gasteiger charge is 1.96. The minimum absolute atomic E-state index is 0.833. The highest BCUT2D eigenvalue weighted by Crippen LogP contribution is 2.25. The fourth-order valence-electron chi connectivity index (χ4n) is 0.918. The van der Waals surface area contributed by atoms with Crippen LogP contribution in [0.15, 0.2) is 35.7 Å². The number of aliphatic carboxylic acids is 1. The quantitative estimate of drug-likeness (QED) is 0.700. The summed E-state index contributed by atoms with van der Waals surface area (Å²) in [7, 11) is 0. The molecule has 0 amide bonds. The van der Waals surface area contributed by atoms with Crippen molar-refractivity contribution in [3.05, 3.63) is 35.7 Å². The summed E-state index contributed by atoms with van der Waals surface area (Å²) in [4.78, 5) is 10.4. The minimum Gasteiger partial charge on any atom is -0.481 e. The van der Waals surface area contributed by atoms with E-state index >= 15 is 0 Å². The Bertz CT molecular complexity index is 323. The zero-order valence-corrected chi connectivity index (χ0v) is 8.04. The van der Waals surface area contributed by atoms with Crippen molar-refractivity contribution in [2.24, 2.45) is 0 Å². The summed E-state index contributed by atoms with van der Waals surface area (Å²) in [6.07, 6.45) is 0. The number of carboxylic acids is 1. The predicted octanol–water partition coefficient (Wildman–Crippen LogP) is 2.94.